The highest BCUT2D eigenvalue weighted by atomic mass is 16.7. The Morgan fingerprint density at radius 2 is 1.45 bits per heavy atom. The molecule has 3 aliphatic rings. The maximum absolute atomic E-state index is 13.6. The second kappa shape index (κ2) is 6.86. The Kier molecular flexibility index (Phi) is 4.24. The lowest BCUT2D eigenvalue weighted by atomic mass is 9.91. The number of imide groups is 1. The van der Waals surface area contributed by atoms with E-state index >= 15 is 0 Å². The predicted molar refractivity (Wildman–Crippen MR) is 104 cm³/mol. The van der Waals surface area contributed by atoms with Crippen LogP contribution in [0.5, 0.6) is 34.5 Å². The van der Waals surface area contributed by atoms with Crippen LogP contribution >= 0.6 is 0 Å². The Bertz CT molecular complexity index is 1130. The van der Waals surface area contributed by atoms with Crippen molar-refractivity contribution >= 4 is 12.0 Å². The van der Waals surface area contributed by atoms with Gasteiger partial charge in [-0.2, -0.15) is 0 Å². The molecule has 10 heteroatoms. The van der Waals surface area contributed by atoms with Gasteiger partial charge in [0.05, 0.1) is 32.9 Å². The average molecular weight is 429 g/mol. The monoisotopic (exact) mass is 429 g/mol. The molecule has 0 saturated heterocycles. The third kappa shape index (κ3) is 2.50. The van der Waals surface area contributed by atoms with Gasteiger partial charge in [0.1, 0.15) is 0 Å². The number of benzene rings is 2. The Morgan fingerprint density at radius 3 is 2.03 bits per heavy atom. The van der Waals surface area contributed by atoms with Crippen LogP contribution in [0.2, 0.25) is 0 Å². The molecular weight excluding hydrogens is 410 g/mol. The van der Waals surface area contributed by atoms with E-state index in [-0.39, 0.29) is 19.1 Å². The zero-order chi connectivity index (χ0) is 21.9. The van der Waals surface area contributed by atoms with Gasteiger partial charge in [0.2, 0.25) is 25.1 Å². The minimum Gasteiger partial charge on any atom is -0.493 e. The second-order valence-corrected chi connectivity index (χ2v) is 7.00. The Balaban J connectivity index is 1.92. The van der Waals surface area contributed by atoms with Crippen LogP contribution in [0.4, 0.5) is 4.79 Å². The van der Waals surface area contributed by atoms with Gasteiger partial charge < -0.3 is 33.2 Å². The van der Waals surface area contributed by atoms with Crippen LogP contribution in [0.1, 0.15) is 28.9 Å². The summed E-state index contributed by atoms with van der Waals surface area (Å²) in [4.78, 5) is 27.3. The average Bonchev–Trinajstić information content (AvgIpc) is 3.45. The summed E-state index contributed by atoms with van der Waals surface area (Å²) in [6.45, 7) is 1.66. The van der Waals surface area contributed by atoms with E-state index < -0.39 is 18.0 Å². The molecule has 0 aromatic heterocycles. The smallest absolute Gasteiger partial charge is 0.417 e. The van der Waals surface area contributed by atoms with Gasteiger partial charge in [-0.15, -0.1) is 0 Å². The molecule has 2 aromatic rings. The quantitative estimate of drug-likeness (QED) is 0.712. The molecule has 10 nitrogen and oxygen atoms in total. The van der Waals surface area contributed by atoms with Gasteiger partial charge in [-0.3, -0.25) is 4.79 Å². The van der Waals surface area contributed by atoms with Gasteiger partial charge in [0.15, 0.2) is 23.0 Å². The van der Waals surface area contributed by atoms with Crippen LogP contribution in [-0.4, -0.2) is 51.8 Å². The zero-order valence-electron chi connectivity index (χ0n) is 17.3. The van der Waals surface area contributed by atoms with E-state index in [1.165, 1.54) is 27.4 Å². The van der Waals surface area contributed by atoms with Crippen LogP contribution in [0.25, 0.3) is 11.1 Å². The molecule has 0 bridgehead atoms. The molecule has 31 heavy (non-hydrogen) atoms. The van der Waals surface area contributed by atoms with Gasteiger partial charge in [0, 0.05) is 11.1 Å². The SMILES string of the molecule is COC(=O)N1C(=O)c2cc(OC)c3c(c2-c2c(cc(OC)c4c2OCO4)C1C)OCO3. The zero-order valence-corrected chi connectivity index (χ0v) is 17.3. The molecule has 1 unspecified atom stereocenters. The number of hydrogen-bond acceptors (Lipinski definition) is 9. The molecule has 2 amide bonds. The van der Waals surface area contributed by atoms with Crippen LogP contribution in [0.3, 0.4) is 0 Å². The molecule has 2 aromatic carbocycles. The number of ether oxygens (including phenoxy) is 7. The molecular formula is C21H19NO9. The lowest BCUT2D eigenvalue weighted by molar-refractivity contribution is 0.0641. The van der Waals surface area contributed by atoms with E-state index in [0.717, 1.165) is 4.90 Å². The molecule has 0 radical (unpaired) electrons. The largest absolute Gasteiger partial charge is 0.493 e. The first-order chi connectivity index (χ1) is 15.0. The lowest BCUT2D eigenvalue weighted by Crippen LogP contribution is -2.38. The number of amides is 2. The van der Waals surface area contributed by atoms with Crippen molar-refractivity contribution < 1.29 is 42.7 Å². The Hall–Kier alpha value is -3.82. The van der Waals surface area contributed by atoms with Crippen molar-refractivity contribution in [2.45, 2.75) is 13.0 Å². The predicted octanol–water partition coefficient (Wildman–Crippen LogP) is 3.11. The number of hydrogen-bond donors (Lipinski definition) is 0. The van der Waals surface area contributed by atoms with E-state index in [9.17, 15) is 9.59 Å². The first-order valence-corrected chi connectivity index (χ1v) is 9.44. The fraction of sp³-hybridized carbons (Fsp3) is 0.333. The maximum atomic E-state index is 13.6. The van der Waals surface area contributed by atoms with Crippen LogP contribution in [0.15, 0.2) is 12.1 Å². The van der Waals surface area contributed by atoms with Gasteiger partial charge in [-0.05, 0) is 24.6 Å². The van der Waals surface area contributed by atoms with Crippen LogP contribution in [0, 0.1) is 0 Å². The van der Waals surface area contributed by atoms with Gasteiger partial charge in [-0.1, -0.05) is 0 Å². The lowest BCUT2D eigenvalue weighted by Gasteiger charge is -2.25. The fourth-order valence-electron chi connectivity index (χ4n) is 4.19. The molecule has 1 atom stereocenters. The number of carbonyl (C=O) groups excluding carboxylic acids is 2. The van der Waals surface area contributed by atoms with E-state index in [1.54, 1.807) is 13.0 Å². The number of nitrogens with zero attached hydrogens (tertiary/aromatic N) is 1. The van der Waals surface area contributed by atoms with Crippen LogP contribution in [-0.2, 0) is 4.74 Å². The molecule has 3 heterocycles. The molecule has 0 N–H and O–H groups in total. The van der Waals surface area contributed by atoms with Gasteiger partial charge in [-0.25, -0.2) is 9.69 Å². The molecule has 5 rings (SSSR count). The molecule has 0 fully saturated rings. The van der Waals surface area contributed by atoms with Crippen LogP contribution < -0.4 is 28.4 Å². The Morgan fingerprint density at radius 1 is 0.903 bits per heavy atom. The Labute approximate surface area is 177 Å². The number of carbonyl (C=O) groups is 2. The minimum absolute atomic E-state index is 0.0176. The van der Waals surface area contributed by atoms with Crippen molar-refractivity contribution in [2.75, 3.05) is 34.9 Å². The van der Waals surface area contributed by atoms with E-state index in [4.69, 9.17) is 33.2 Å². The van der Waals surface area contributed by atoms with Crippen molar-refractivity contribution in [3.63, 3.8) is 0 Å². The maximum Gasteiger partial charge on any atom is 0.417 e. The van der Waals surface area contributed by atoms with Gasteiger partial charge >= 0.3 is 6.09 Å². The highest BCUT2D eigenvalue weighted by molar-refractivity contribution is 6.12. The first-order valence-electron chi connectivity index (χ1n) is 9.44. The summed E-state index contributed by atoms with van der Waals surface area (Å²) in [5, 5.41) is 0. The normalized spacial score (nSPS) is 17.6. The molecule has 0 spiro atoms. The molecule has 3 aliphatic heterocycles. The van der Waals surface area contributed by atoms with Crippen molar-refractivity contribution in [3.8, 4) is 45.6 Å². The summed E-state index contributed by atoms with van der Waals surface area (Å²) >= 11 is 0. The topological polar surface area (TPSA) is 102 Å². The molecule has 0 saturated carbocycles. The summed E-state index contributed by atoms with van der Waals surface area (Å²) in [5.41, 5.74) is 1.76. The molecule has 162 valence electrons. The van der Waals surface area contributed by atoms with E-state index in [2.05, 4.69) is 0 Å². The summed E-state index contributed by atoms with van der Waals surface area (Å²) in [7, 11) is 4.18. The summed E-state index contributed by atoms with van der Waals surface area (Å²) in [6, 6.07) is 2.53. The third-order valence-corrected chi connectivity index (χ3v) is 5.59. The standard InChI is InChI=1S/C21H19NO9/c1-9-10-5-12(25-2)16-18(30-7-28-16)14(10)15-11(20(23)22(9)21(24)27-4)6-13(26-3)17-19(15)31-8-29-17/h5-6,9H,7-8H2,1-4H3. The second-order valence-electron chi connectivity index (χ2n) is 7.00. The van der Waals surface area contributed by atoms with Gasteiger partial charge in [0.25, 0.3) is 5.91 Å². The highest BCUT2D eigenvalue weighted by Gasteiger charge is 2.43. The highest BCUT2D eigenvalue weighted by Crippen LogP contribution is 2.59. The minimum atomic E-state index is -0.801. The van der Waals surface area contributed by atoms with Crippen molar-refractivity contribution in [2.24, 2.45) is 0 Å². The third-order valence-electron chi connectivity index (χ3n) is 5.59. The summed E-state index contributed by atoms with van der Waals surface area (Å²) in [5.74, 6) is 1.64. The van der Waals surface area contributed by atoms with E-state index in [0.29, 0.717) is 51.2 Å². The number of rotatable bonds is 2. The van der Waals surface area contributed by atoms with Crippen molar-refractivity contribution in [1.82, 2.24) is 4.90 Å². The van der Waals surface area contributed by atoms with Crippen molar-refractivity contribution in [1.29, 1.82) is 0 Å². The van der Waals surface area contributed by atoms with E-state index in [1.807, 2.05) is 0 Å². The molecule has 0 aliphatic carbocycles. The summed E-state index contributed by atoms with van der Waals surface area (Å²) in [6.07, 6.45) is -0.801. The van der Waals surface area contributed by atoms with Crippen molar-refractivity contribution in [3.05, 3.63) is 23.3 Å². The fourth-order valence-corrected chi connectivity index (χ4v) is 4.19. The number of fused-ring (bicyclic) bond motifs is 7. The number of methoxy groups -OCH3 is 3. The summed E-state index contributed by atoms with van der Waals surface area (Å²) < 4.78 is 38.6. The first kappa shape index (κ1) is 19.2.